The Hall–Kier alpha value is -2.08. The first-order valence-electron chi connectivity index (χ1n) is 6.98. The molecule has 0 atom stereocenters. The summed E-state index contributed by atoms with van der Waals surface area (Å²) >= 11 is 3.43. The quantitative estimate of drug-likeness (QED) is 0.721. The number of halogens is 1. The number of benzene rings is 1. The number of hydrogen-bond donors (Lipinski definition) is 2. The van der Waals surface area contributed by atoms with E-state index in [1.807, 2.05) is 35.1 Å². The molecular weight excluding hydrogens is 344 g/mol. The molecule has 2 N–H and O–H groups in total. The SMILES string of the molecule is CC(C)(C)n1cc(NC(=O)c2cc3cc(Br)ccc3[nH]2)cn1. The minimum atomic E-state index is -0.180. The molecule has 1 aromatic carbocycles. The monoisotopic (exact) mass is 360 g/mol. The molecule has 0 saturated carbocycles. The first kappa shape index (κ1) is 14.8. The summed E-state index contributed by atoms with van der Waals surface area (Å²) in [6, 6.07) is 7.69. The zero-order valence-electron chi connectivity index (χ0n) is 12.6. The smallest absolute Gasteiger partial charge is 0.272 e. The lowest BCUT2D eigenvalue weighted by molar-refractivity contribution is 0.102. The van der Waals surface area contributed by atoms with Crippen molar-refractivity contribution in [2.24, 2.45) is 0 Å². The van der Waals surface area contributed by atoms with Gasteiger partial charge in [-0.05, 0) is 45.0 Å². The Kier molecular flexibility index (Phi) is 3.56. The molecule has 0 spiro atoms. The van der Waals surface area contributed by atoms with Crippen molar-refractivity contribution in [3.05, 3.63) is 46.8 Å². The van der Waals surface area contributed by atoms with E-state index in [4.69, 9.17) is 0 Å². The van der Waals surface area contributed by atoms with E-state index in [1.165, 1.54) is 0 Å². The third-order valence-corrected chi connectivity index (χ3v) is 3.85. The van der Waals surface area contributed by atoms with E-state index in [9.17, 15) is 4.79 Å². The van der Waals surface area contributed by atoms with Crippen LogP contribution in [0.2, 0.25) is 0 Å². The Labute approximate surface area is 136 Å². The van der Waals surface area contributed by atoms with E-state index in [0.717, 1.165) is 15.4 Å². The van der Waals surface area contributed by atoms with Crippen LogP contribution in [-0.4, -0.2) is 20.7 Å². The predicted octanol–water partition coefficient (Wildman–Crippen LogP) is 4.13. The number of nitrogens with one attached hydrogen (secondary N) is 2. The van der Waals surface area contributed by atoms with Crippen molar-refractivity contribution in [3.63, 3.8) is 0 Å². The summed E-state index contributed by atoms with van der Waals surface area (Å²) in [6.07, 6.45) is 3.49. The highest BCUT2D eigenvalue weighted by atomic mass is 79.9. The maximum Gasteiger partial charge on any atom is 0.272 e. The minimum Gasteiger partial charge on any atom is -0.351 e. The summed E-state index contributed by atoms with van der Waals surface area (Å²) in [4.78, 5) is 15.5. The van der Waals surface area contributed by atoms with Gasteiger partial charge in [0.1, 0.15) is 5.69 Å². The van der Waals surface area contributed by atoms with Crippen LogP contribution in [0.25, 0.3) is 10.9 Å². The molecule has 6 heteroatoms. The number of hydrogen-bond acceptors (Lipinski definition) is 2. The van der Waals surface area contributed by atoms with E-state index < -0.39 is 0 Å². The van der Waals surface area contributed by atoms with Gasteiger partial charge in [-0.15, -0.1) is 0 Å². The highest BCUT2D eigenvalue weighted by Gasteiger charge is 2.16. The first-order chi connectivity index (χ1) is 10.3. The Balaban J connectivity index is 1.82. The summed E-state index contributed by atoms with van der Waals surface area (Å²) in [5.74, 6) is -0.180. The number of carbonyl (C=O) groups is 1. The summed E-state index contributed by atoms with van der Waals surface area (Å²) < 4.78 is 2.81. The van der Waals surface area contributed by atoms with E-state index in [0.29, 0.717) is 11.4 Å². The van der Waals surface area contributed by atoms with Gasteiger partial charge >= 0.3 is 0 Å². The summed E-state index contributed by atoms with van der Waals surface area (Å²) in [5, 5.41) is 8.13. The maximum absolute atomic E-state index is 12.3. The fourth-order valence-corrected chi connectivity index (χ4v) is 2.56. The second-order valence-electron chi connectivity index (χ2n) is 6.21. The van der Waals surface area contributed by atoms with Crippen LogP contribution >= 0.6 is 15.9 Å². The number of H-pyrrole nitrogens is 1. The Bertz CT molecular complexity index is 841. The number of anilines is 1. The van der Waals surface area contributed by atoms with Gasteiger partial charge in [0.2, 0.25) is 0 Å². The van der Waals surface area contributed by atoms with Crippen LogP contribution in [0.1, 0.15) is 31.3 Å². The maximum atomic E-state index is 12.3. The first-order valence-corrected chi connectivity index (χ1v) is 7.77. The van der Waals surface area contributed by atoms with Crippen molar-refractivity contribution in [2.45, 2.75) is 26.3 Å². The van der Waals surface area contributed by atoms with Crippen LogP contribution < -0.4 is 5.32 Å². The molecule has 3 rings (SSSR count). The Morgan fingerprint density at radius 3 is 2.77 bits per heavy atom. The second kappa shape index (κ2) is 5.28. The van der Waals surface area contributed by atoms with E-state index in [2.05, 4.69) is 52.1 Å². The average Bonchev–Trinajstić information content (AvgIpc) is 3.03. The van der Waals surface area contributed by atoms with Crippen LogP contribution in [0.15, 0.2) is 41.1 Å². The molecule has 0 bridgehead atoms. The molecule has 114 valence electrons. The number of aromatic nitrogens is 3. The van der Waals surface area contributed by atoms with Crippen molar-refractivity contribution in [2.75, 3.05) is 5.32 Å². The third kappa shape index (κ3) is 2.92. The zero-order valence-corrected chi connectivity index (χ0v) is 14.2. The zero-order chi connectivity index (χ0) is 15.9. The van der Waals surface area contributed by atoms with Gasteiger partial charge in [-0.25, -0.2) is 0 Å². The van der Waals surface area contributed by atoms with Gasteiger partial charge in [-0.3, -0.25) is 9.48 Å². The molecular formula is C16H17BrN4O. The Morgan fingerprint density at radius 1 is 1.32 bits per heavy atom. The number of carbonyl (C=O) groups excluding carboxylic acids is 1. The fourth-order valence-electron chi connectivity index (χ4n) is 2.18. The number of aromatic amines is 1. The highest BCUT2D eigenvalue weighted by molar-refractivity contribution is 9.10. The molecule has 0 aliphatic rings. The van der Waals surface area contributed by atoms with Gasteiger partial charge in [0.25, 0.3) is 5.91 Å². The van der Waals surface area contributed by atoms with E-state index in [1.54, 1.807) is 6.20 Å². The summed E-state index contributed by atoms with van der Waals surface area (Å²) in [7, 11) is 0. The molecule has 0 fully saturated rings. The molecule has 3 aromatic rings. The number of fused-ring (bicyclic) bond motifs is 1. The molecule has 0 unspecified atom stereocenters. The molecule has 5 nitrogen and oxygen atoms in total. The predicted molar refractivity (Wildman–Crippen MR) is 91.2 cm³/mol. The molecule has 2 aromatic heterocycles. The van der Waals surface area contributed by atoms with Crippen molar-refractivity contribution in [1.82, 2.24) is 14.8 Å². The lowest BCUT2D eigenvalue weighted by atomic mass is 10.1. The molecule has 0 aliphatic carbocycles. The highest BCUT2D eigenvalue weighted by Crippen LogP contribution is 2.21. The van der Waals surface area contributed by atoms with Crippen LogP contribution in [0, 0.1) is 0 Å². The second-order valence-corrected chi connectivity index (χ2v) is 7.13. The van der Waals surface area contributed by atoms with E-state index in [-0.39, 0.29) is 11.4 Å². The van der Waals surface area contributed by atoms with Gasteiger partial charge in [-0.1, -0.05) is 15.9 Å². The van der Waals surface area contributed by atoms with Crippen molar-refractivity contribution >= 4 is 38.4 Å². The average molecular weight is 361 g/mol. The van der Waals surface area contributed by atoms with Gasteiger partial charge in [0, 0.05) is 21.6 Å². The standard InChI is InChI=1S/C16H17BrN4O/c1-16(2,3)21-9-12(8-18-21)19-15(22)14-7-10-6-11(17)4-5-13(10)20-14/h4-9,20H,1-3H3,(H,19,22). The lowest BCUT2D eigenvalue weighted by Gasteiger charge is -2.18. The number of amides is 1. The van der Waals surface area contributed by atoms with Gasteiger partial charge in [-0.2, -0.15) is 5.10 Å². The molecule has 0 radical (unpaired) electrons. The molecule has 1 amide bonds. The van der Waals surface area contributed by atoms with Crippen molar-refractivity contribution in [1.29, 1.82) is 0 Å². The van der Waals surface area contributed by atoms with Crippen LogP contribution in [-0.2, 0) is 5.54 Å². The number of nitrogens with zero attached hydrogens (tertiary/aromatic N) is 2. The Morgan fingerprint density at radius 2 is 2.09 bits per heavy atom. The van der Waals surface area contributed by atoms with Crippen LogP contribution in [0.4, 0.5) is 5.69 Å². The van der Waals surface area contributed by atoms with E-state index >= 15 is 0 Å². The molecule has 2 heterocycles. The normalized spacial score (nSPS) is 11.8. The largest absolute Gasteiger partial charge is 0.351 e. The minimum absolute atomic E-state index is 0.115. The molecule has 0 saturated heterocycles. The summed E-state index contributed by atoms with van der Waals surface area (Å²) in [6.45, 7) is 6.17. The molecule has 22 heavy (non-hydrogen) atoms. The number of rotatable bonds is 2. The third-order valence-electron chi connectivity index (χ3n) is 3.36. The van der Waals surface area contributed by atoms with Crippen molar-refractivity contribution < 1.29 is 4.79 Å². The van der Waals surface area contributed by atoms with Crippen molar-refractivity contribution in [3.8, 4) is 0 Å². The van der Waals surface area contributed by atoms with Gasteiger partial charge in [0.05, 0.1) is 17.4 Å². The topological polar surface area (TPSA) is 62.7 Å². The summed E-state index contributed by atoms with van der Waals surface area (Å²) in [5.41, 5.74) is 2.02. The fraction of sp³-hybridized carbons (Fsp3) is 0.250. The lowest BCUT2D eigenvalue weighted by Crippen LogP contribution is -2.22. The molecule has 0 aliphatic heterocycles. The van der Waals surface area contributed by atoms with Gasteiger partial charge in [0.15, 0.2) is 0 Å². The van der Waals surface area contributed by atoms with Crippen LogP contribution in [0.3, 0.4) is 0 Å². The van der Waals surface area contributed by atoms with Crippen LogP contribution in [0.5, 0.6) is 0 Å². The van der Waals surface area contributed by atoms with Gasteiger partial charge < -0.3 is 10.3 Å².